The van der Waals surface area contributed by atoms with Crippen molar-refractivity contribution in [3.05, 3.63) is 78.0 Å². The van der Waals surface area contributed by atoms with Crippen molar-refractivity contribution in [1.82, 2.24) is 24.9 Å². The Hall–Kier alpha value is -3.81. The van der Waals surface area contributed by atoms with Crippen molar-refractivity contribution in [1.29, 1.82) is 0 Å². The topological polar surface area (TPSA) is 92.5 Å². The standard InChI is InChI=1S/C22H22N6O2/c1-16-23-11-12-27(16)20-13-18(9-10-24-20)14-25-22(30)19-7-8-21(29)28(26-19)15-17-5-3-2-4-6-17/h2-6,9-13H,7-8,14-15H2,1H3,(H,25,30). The van der Waals surface area contributed by atoms with Gasteiger partial charge < -0.3 is 5.32 Å². The number of carbonyl (C=O) groups is 2. The molecular formula is C22H22N6O2. The second-order valence-corrected chi connectivity index (χ2v) is 7.03. The summed E-state index contributed by atoms with van der Waals surface area (Å²) >= 11 is 0. The molecule has 1 aromatic carbocycles. The molecule has 0 bridgehead atoms. The van der Waals surface area contributed by atoms with Crippen LogP contribution in [0.25, 0.3) is 5.82 Å². The number of aromatic nitrogens is 3. The minimum atomic E-state index is -0.266. The van der Waals surface area contributed by atoms with Gasteiger partial charge in [0, 0.05) is 38.0 Å². The van der Waals surface area contributed by atoms with E-state index in [9.17, 15) is 9.59 Å². The SMILES string of the molecule is Cc1nccn1-c1cc(CNC(=O)C2=NN(Cc3ccccc3)C(=O)CC2)ccn1. The van der Waals surface area contributed by atoms with E-state index in [2.05, 4.69) is 20.4 Å². The summed E-state index contributed by atoms with van der Waals surface area (Å²) in [5, 5.41) is 8.57. The number of hydrogen-bond acceptors (Lipinski definition) is 5. The fourth-order valence-electron chi connectivity index (χ4n) is 3.25. The second kappa shape index (κ2) is 8.69. The second-order valence-electron chi connectivity index (χ2n) is 7.03. The van der Waals surface area contributed by atoms with Gasteiger partial charge in [0.25, 0.3) is 5.91 Å². The fraction of sp³-hybridized carbons (Fsp3) is 0.227. The molecule has 0 spiro atoms. The lowest BCUT2D eigenvalue weighted by atomic mass is 10.1. The summed E-state index contributed by atoms with van der Waals surface area (Å²) in [4.78, 5) is 33.4. The zero-order valence-electron chi connectivity index (χ0n) is 16.7. The largest absolute Gasteiger partial charge is 0.347 e. The number of pyridine rings is 1. The first-order valence-corrected chi connectivity index (χ1v) is 9.75. The van der Waals surface area contributed by atoms with Crippen LogP contribution in [-0.2, 0) is 22.7 Å². The van der Waals surface area contributed by atoms with E-state index in [1.807, 2.05) is 60.2 Å². The maximum atomic E-state index is 12.6. The fourth-order valence-corrected chi connectivity index (χ4v) is 3.25. The number of aryl methyl sites for hydroxylation is 1. The summed E-state index contributed by atoms with van der Waals surface area (Å²) in [6, 6.07) is 13.4. The van der Waals surface area contributed by atoms with Crippen LogP contribution < -0.4 is 5.32 Å². The molecule has 8 nitrogen and oxygen atoms in total. The van der Waals surface area contributed by atoms with E-state index < -0.39 is 0 Å². The lowest BCUT2D eigenvalue weighted by molar-refractivity contribution is -0.132. The van der Waals surface area contributed by atoms with Crippen molar-refractivity contribution >= 4 is 17.5 Å². The van der Waals surface area contributed by atoms with Crippen molar-refractivity contribution in [2.45, 2.75) is 32.9 Å². The Labute approximate surface area is 174 Å². The molecule has 3 heterocycles. The van der Waals surface area contributed by atoms with E-state index in [1.165, 1.54) is 5.01 Å². The van der Waals surface area contributed by atoms with Crippen molar-refractivity contribution in [2.75, 3.05) is 0 Å². The number of nitrogens with zero attached hydrogens (tertiary/aromatic N) is 5. The number of carbonyl (C=O) groups excluding carboxylic acids is 2. The maximum absolute atomic E-state index is 12.6. The quantitative estimate of drug-likeness (QED) is 0.685. The van der Waals surface area contributed by atoms with Gasteiger partial charge in [0.05, 0.1) is 6.54 Å². The van der Waals surface area contributed by atoms with Gasteiger partial charge in [0.15, 0.2) is 0 Å². The zero-order chi connectivity index (χ0) is 20.9. The molecule has 2 aromatic heterocycles. The van der Waals surface area contributed by atoms with Crippen LogP contribution in [0.15, 0.2) is 66.2 Å². The summed E-state index contributed by atoms with van der Waals surface area (Å²) in [7, 11) is 0. The van der Waals surface area contributed by atoms with E-state index in [0.29, 0.717) is 25.2 Å². The molecular weight excluding hydrogens is 380 g/mol. The van der Waals surface area contributed by atoms with E-state index in [4.69, 9.17) is 0 Å². The van der Waals surface area contributed by atoms with Crippen LogP contribution in [0.4, 0.5) is 0 Å². The van der Waals surface area contributed by atoms with E-state index in [0.717, 1.165) is 22.8 Å². The molecule has 0 unspecified atom stereocenters. The van der Waals surface area contributed by atoms with Gasteiger partial charge in [-0.1, -0.05) is 30.3 Å². The van der Waals surface area contributed by atoms with Gasteiger partial charge in [0.2, 0.25) is 5.91 Å². The summed E-state index contributed by atoms with van der Waals surface area (Å²) in [5.41, 5.74) is 2.25. The smallest absolute Gasteiger partial charge is 0.267 e. The number of imidazole rings is 1. The van der Waals surface area contributed by atoms with Crippen LogP contribution >= 0.6 is 0 Å². The summed E-state index contributed by atoms with van der Waals surface area (Å²) in [5.74, 6) is 1.23. The van der Waals surface area contributed by atoms with Crippen LogP contribution in [0, 0.1) is 6.92 Å². The third-order valence-corrected chi connectivity index (χ3v) is 4.88. The van der Waals surface area contributed by atoms with Crippen LogP contribution in [0.5, 0.6) is 0 Å². The number of rotatable bonds is 6. The molecule has 2 amide bonds. The van der Waals surface area contributed by atoms with Crippen LogP contribution in [0.2, 0.25) is 0 Å². The summed E-state index contributed by atoms with van der Waals surface area (Å²) < 4.78 is 1.88. The summed E-state index contributed by atoms with van der Waals surface area (Å²) in [6.07, 6.45) is 5.88. The van der Waals surface area contributed by atoms with Crippen LogP contribution in [-0.4, -0.2) is 37.1 Å². The molecule has 0 saturated heterocycles. The van der Waals surface area contributed by atoms with Gasteiger partial charge in [-0.25, -0.2) is 15.0 Å². The minimum Gasteiger partial charge on any atom is -0.347 e. The molecule has 0 fully saturated rings. The van der Waals surface area contributed by atoms with Crippen LogP contribution in [0.1, 0.15) is 29.8 Å². The zero-order valence-corrected chi connectivity index (χ0v) is 16.7. The molecule has 3 aromatic rings. The van der Waals surface area contributed by atoms with E-state index in [1.54, 1.807) is 12.4 Å². The highest BCUT2D eigenvalue weighted by Crippen LogP contribution is 2.14. The molecule has 4 rings (SSSR count). The highest BCUT2D eigenvalue weighted by molar-refractivity contribution is 6.39. The average molecular weight is 402 g/mol. The Bertz CT molecular complexity index is 1090. The number of amides is 2. The molecule has 0 aliphatic carbocycles. The molecule has 8 heteroatoms. The van der Waals surface area contributed by atoms with Crippen molar-refractivity contribution in [3.63, 3.8) is 0 Å². The van der Waals surface area contributed by atoms with Crippen molar-refractivity contribution < 1.29 is 9.59 Å². The Morgan fingerprint density at radius 2 is 1.90 bits per heavy atom. The number of benzene rings is 1. The third kappa shape index (κ3) is 4.43. The Morgan fingerprint density at radius 3 is 2.67 bits per heavy atom. The Morgan fingerprint density at radius 1 is 1.07 bits per heavy atom. The predicted molar refractivity (Wildman–Crippen MR) is 112 cm³/mol. The average Bonchev–Trinajstić information content (AvgIpc) is 3.20. The van der Waals surface area contributed by atoms with Gasteiger partial charge >= 0.3 is 0 Å². The lowest BCUT2D eigenvalue weighted by Gasteiger charge is -2.23. The molecule has 30 heavy (non-hydrogen) atoms. The van der Waals surface area contributed by atoms with Crippen molar-refractivity contribution in [3.8, 4) is 5.82 Å². The monoisotopic (exact) mass is 402 g/mol. The van der Waals surface area contributed by atoms with Gasteiger partial charge in [-0.15, -0.1) is 0 Å². The molecule has 1 N–H and O–H groups in total. The van der Waals surface area contributed by atoms with Gasteiger partial charge in [-0.05, 0) is 30.2 Å². The van der Waals surface area contributed by atoms with Gasteiger partial charge in [-0.2, -0.15) is 5.10 Å². The molecule has 1 aliphatic heterocycles. The summed E-state index contributed by atoms with van der Waals surface area (Å²) in [6.45, 7) is 2.60. The maximum Gasteiger partial charge on any atom is 0.267 e. The number of nitrogens with one attached hydrogen (secondary N) is 1. The van der Waals surface area contributed by atoms with Crippen LogP contribution in [0.3, 0.4) is 0 Å². The highest BCUT2D eigenvalue weighted by atomic mass is 16.2. The van der Waals surface area contributed by atoms with Gasteiger partial charge in [-0.3, -0.25) is 14.2 Å². The third-order valence-electron chi connectivity index (χ3n) is 4.88. The van der Waals surface area contributed by atoms with Crippen molar-refractivity contribution in [2.24, 2.45) is 5.10 Å². The predicted octanol–water partition coefficient (Wildman–Crippen LogP) is 2.37. The number of hydrazone groups is 1. The first-order chi connectivity index (χ1) is 14.6. The molecule has 0 atom stereocenters. The van der Waals surface area contributed by atoms with E-state index >= 15 is 0 Å². The Kier molecular flexibility index (Phi) is 5.65. The first-order valence-electron chi connectivity index (χ1n) is 9.75. The first kappa shape index (κ1) is 19.5. The normalized spacial score (nSPS) is 13.8. The molecule has 152 valence electrons. The molecule has 0 radical (unpaired) electrons. The molecule has 0 saturated carbocycles. The Balaban J connectivity index is 1.42. The lowest BCUT2D eigenvalue weighted by Crippen LogP contribution is -2.38. The van der Waals surface area contributed by atoms with Gasteiger partial charge in [0.1, 0.15) is 17.4 Å². The molecule has 1 aliphatic rings. The van der Waals surface area contributed by atoms with E-state index in [-0.39, 0.29) is 18.2 Å². The minimum absolute atomic E-state index is 0.0788. The highest BCUT2D eigenvalue weighted by Gasteiger charge is 2.24. The number of hydrogen-bond donors (Lipinski definition) is 1.